The number of fused-ring (bicyclic) bond motifs is 1. The summed E-state index contributed by atoms with van der Waals surface area (Å²) in [5.41, 5.74) is 1.36. The third-order valence-corrected chi connectivity index (χ3v) is 3.44. The fourth-order valence-corrected chi connectivity index (χ4v) is 2.29. The Kier molecular flexibility index (Phi) is 2.88. The summed E-state index contributed by atoms with van der Waals surface area (Å²) in [5.74, 6) is -0.368. The molecule has 1 N–H and O–H groups in total. The highest BCUT2D eigenvalue weighted by atomic mass is 79.9. The molecule has 1 aromatic rings. The first-order valence-corrected chi connectivity index (χ1v) is 5.86. The maximum absolute atomic E-state index is 13.4. The molecule has 0 saturated heterocycles. The summed E-state index contributed by atoms with van der Waals surface area (Å²) in [4.78, 5) is 13.5. The van der Waals surface area contributed by atoms with E-state index >= 15 is 0 Å². The molecule has 3 nitrogen and oxygen atoms in total. The van der Waals surface area contributed by atoms with E-state index in [1.807, 2.05) is 11.8 Å². The molecule has 1 heterocycles. The molecule has 16 heavy (non-hydrogen) atoms. The molecule has 1 unspecified atom stereocenters. The molecule has 86 valence electrons. The van der Waals surface area contributed by atoms with Gasteiger partial charge in [-0.15, -0.1) is 0 Å². The van der Waals surface area contributed by atoms with Crippen molar-refractivity contribution in [2.45, 2.75) is 19.4 Å². The van der Waals surface area contributed by atoms with Crippen LogP contribution in [0, 0.1) is 5.82 Å². The standard InChI is InChI=1S/C11H12BrFN2O/c1-3-9-11(16)14-8-4-6(12)7(13)5-10(8)15(9)2/h4-5,9H,3H2,1-2H3,(H,14,16). The summed E-state index contributed by atoms with van der Waals surface area (Å²) in [6.07, 6.45) is 0.694. The number of anilines is 2. The van der Waals surface area contributed by atoms with Crippen LogP contribution in [0.4, 0.5) is 15.8 Å². The van der Waals surface area contributed by atoms with Crippen molar-refractivity contribution in [3.8, 4) is 0 Å². The first-order valence-electron chi connectivity index (χ1n) is 5.07. The molecule has 2 rings (SSSR count). The van der Waals surface area contributed by atoms with E-state index in [1.165, 1.54) is 6.07 Å². The lowest BCUT2D eigenvalue weighted by molar-refractivity contribution is -0.117. The number of carbonyl (C=O) groups excluding carboxylic acids is 1. The van der Waals surface area contributed by atoms with Gasteiger partial charge in [-0.25, -0.2) is 4.39 Å². The molecule has 0 aliphatic carbocycles. The number of carbonyl (C=O) groups is 1. The van der Waals surface area contributed by atoms with Gasteiger partial charge in [0.2, 0.25) is 5.91 Å². The normalized spacial score (nSPS) is 19.4. The van der Waals surface area contributed by atoms with Crippen molar-refractivity contribution in [2.24, 2.45) is 0 Å². The van der Waals surface area contributed by atoms with Crippen LogP contribution in [0.15, 0.2) is 16.6 Å². The average molecular weight is 287 g/mol. The van der Waals surface area contributed by atoms with E-state index in [1.54, 1.807) is 13.1 Å². The first-order chi connectivity index (χ1) is 7.54. The summed E-state index contributed by atoms with van der Waals surface area (Å²) in [6.45, 7) is 1.93. The van der Waals surface area contributed by atoms with Crippen molar-refractivity contribution < 1.29 is 9.18 Å². The van der Waals surface area contributed by atoms with Crippen LogP contribution in [0.3, 0.4) is 0 Å². The predicted molar refractivity (Wildman–Crippen MR) is 65.2 cm³/mol. The summed E-state index contributed by atoms with van der Waals surface area (Å²) < 4.78 is 13.8. The molecule has 1 atom stereocenters. The van der Waals surface area contributed by atoms with Gasteiger partial charge >= 0.3 is 0 Å². The van der Waals surface area contributed by atoms with Crippen LogP contribution in [-0.2, 0) is 4.79 Å². The van der Waals surface area contributed by atoms with Gasteiger partial charge in [0.05, 0.1) is 15.8 Å². The van der Waals surface area contributed by atoms with E-state index in [9.17, 15) is 9.18 Å². The maximum Gasteiger partial charge on any atom is 0.247 e. The second kappa shape index (κ2) is 4.05. The van der Waals surface area contributed by atoms with E-state index in [2.05, 4.69) is 21.2 Å². The number of nitrogens with one attached hydrogen (secondary N) is 1. The molecule has 0 bridgehead atoms. The molecule has 0 spiro atoms. The summed E-state index contributed by atoms with van der Waals surface area (Å²) >= 11 is 3.10. The van der Waals surface area contributed by atoms with Gasteiger partial charge in [0, 0.05) is 13.1 Å². The van der Waals surface area contributed by atoms with Crippen molar-refractivity contribution >= 4 is 33.2 Å². The predicted octanol–water partition coefficient (Wildman–Crippen LogP) is 2.76. The summed E-state index contributed by atoms with van der Waals surface area (Å²) in [6, 6.07) is 2.79. The minimum absolute atomic E-state index is 0.0454. The third-order valence-electron chi connectivity index (χ3n) is 2.83. The number of amides is 1. The number of nitrogens with zero attached hydrogens (tertiary/aromatic N) is 1. The Balaban J connectivity index is 2.51. The Morgan fingerprint density at radius 2 is 2.25 bits per heavy atom. The second-order valence-corrected chi connectivity index (χ2v) is 4.66. The quantitative estimate of drug-likeness (QED) is 0.861. The number of rotatable bonds is 1. The van der Waals surface area contributed by atoms with E-state index in [4.69, 9.17) is 0 Å². The van der Waals surface area contributed by atoms with E-state index in [-0.39, 0.29) is 17.8 Å². The van der Waals surface area contributed by atoms with Gasteiger partial charge in [0.25, 0.3) is 0 Å². The van der Waals surface area contributed by atoms with Crippen molar-refractivity contribution in [3.63, 3.8) is 0 Å². The Morgan fingerprint density at radius 1 is 1.56 bits per heavy atom. The summed E-state index contributed by atoms with van der Waals surface area (Å²) in [5, 5.41) is 2.78. The van der Waals surface area contributed by atoms with Crippen LogP contribution in [0.5, 0.6) is 0 Å². The van der Waals surface area contributed by atoms with Gasteiger partial charge in [-0.1, -0.05) is 6.92 Å². The number of halogens is 2. The van der Waals surface area contributed by atoms with Crippen molar-refractivity contribution in [2.75, 3.05) is 17.3 Å². The van der Waals surface area contributed by atoms with Crippen LogP contribution in [-0.4, -0.2) is 19.0 Å². The lowest BCUT2D eigenvalue weighted by Crippen LogP contribution is -2.45. The Morgan fingerprint density at radius 3 is 2.88 bits per heavy atom. The zero-order chi connectivity index (χ0) is 11.9. The van der Waals surface area contributed by atoms with E-state index < -0.39 is 0 Å². The van der Waals surface area contributed by atoms with Crippen LogP contribution >= 0.6 is 15.9 Å². The van der Waals surface area contributed by atoms with E-state index in [0.29, 0.717) is 22.3 Å². The largest absolute Gasteiger partial charge is 0.361 e. The van der Waals surface area contributed by atoms with Gasteiger partial charge in [-0.3, -0.25) is 4.79 Å². The smallest absolute Gasteiger partial charge is 0.247 e. The monoisotopic (exact) mass is 286 g/mol. The average Bonchev–Trinajstić information content (AvgIpc) is 2.22. The Hall–Kier alpha value is -1.10. The SMILES string of the molecule is CCC1C(=O)Nc2cc(Br)c(F)cc2N1C. The zero-order valence-corrected chi connectivity index (χ0v) is 10.6. The number of likely N-dealkylation sites (N-methyl/N-ethyl adjacent to an activating group) is 1. The molecule has 1 aliphatic rings. The molecule has 5 heteroatoms. The molecule has 1 aliphatic heterocycles. The topological polar surface area (TPSA) is 32.3 Å². The number of hydrogen-bond donors (Lipinski definition) is 1. The molecule has 1 amide bonds. The van der Waals surface area contributed by atoms with Gasteiger partial charge in [0.1, 0.15) is 11.9 Å². The third kappa shape index (κ3) is 1.69. The highest BCUT2D eigenvalue weighted by Gasteiger charge is 2.29. The Labute approximate surface area is 102 Å². The molecule has 0 radical (unpaired) electrons. The van der Waals surface area contributed by atoms with Crippen LogP contribution in [0.25, 0.3) is 0 Å². The second-order valence-electron chi connectivity index (χ2n) is 3.81. The zero-order valence-electron chi connectivity index (χ0n) is 9.05. The maximum atomic E-state index is 13.4. The molecule has 0 aromatic heterocycles. The van der Waals surface area contributed by atoms with Crippen LogP contribution < -0.4 is 10.2 Å². The lowest BCUT2D eigenvalue weighted by atomic mass is 10.1. The molecule has 0 saturated carbocycles. The van der Waals surface area contributed by atoms with Gasteiger partial charge in [-0.2, -0.15) is 0 Å². The van der Waals surface area contributed by atoms with E-state index in [0.717, 1.165) is 0 Å². The van der Waals surface area contributed by atoms with Crippen LogP contribution in [0.2, 0.25) is 0 Å². The minimum Gasteiger partial charge on any atom is -0.361 e. The Bertz CT molecular complexity index is 450. The highest BCUT2D eigenvalue weighted by molar-refractivity contribution is 9.10. The first kappa shape index (κ1) is 11.4. The summed E-state index contributed by atoms with van der Waals surface area (Å²) in [7, 11) is 1.80. The molecular weight excluding hydrogens is 275 g/mol. The number of hydrogen-bond acceptors (Lipinski definition) is 2. The fraction of sp³-hybridized carbons (Fsp3) is 0.364. The number of benzene rings is 1. The fourth-order valence-electron chi connectivity index (χ4n) is 1.95. The molecular formula is C11H12BrFN2O. The van der Waals surface area contributed by atoms with Crippen molar-refractivity contribution in [3.05, 3.63) is 22.4 Å². The minimum atomic E-state index is -0.323. The van der Waals surface area contributed by atoms with Crippen molar-refractivity contribution in [1.82, 2.24) is 0 Å². The lowest BCUT2D eigenvalue weighted by Gasteiger charge is -2.34. The van der Waals surface area contributed by atoms with Gasteiger partial charge in [0.15, 0.2) is 0 Å². The van der Waals surface area contributed by atoms with Gasteiger partial charge < -0.3 is 10.2 Å². The van der Waals surface area contributed by atoms with Crippen molar-refractivity contribution in [1.29, 1.82) is 0 Å². The highest BCUT2D eigenvalue weighted by Crippen LogP contribution is 2.35. The molecule has 0 fully saturated rings. The molecule has 1 aromatic carbocycles. The van der Waals surface area contributed by atoms with Gasteiger partial charge in [-0.05, 0) is 28.4 Å². The van der Waals surface area contributed by atoms with Crippen LogP contribution in [0.1, 0.15) is 13.3 Å².